The molecule has 0 saturated heterocycles. The first-order chi connectivity index (χ1) is 9.13. The van der Waals surface area contributed by atoms with E-state index in [0.717, 1.165) is 28.6 Å². The molecule has 0 aliphatic heterocycles. The van der Waals surface area contributed by atoms with Crippen molar-refractivity contribution in [3.63, 3.8) is 0 Å². The molecule has 1 aliphatic rings. The summed E-state index contributed by atoms with van der Waals surface area (Å²) in [7, 11) is 0. The van der Waals surface area contributed by atoms with Crippen LogP contribution in [0, 0.1) is 5.92 Å². The third-order valence-electron chi connectivity index (χ3n) is 3.88. The number of ether oxygens (including phenoxy) is 1. The maximum absolute atomic E-state index is 10.5. The van der Waals surface area contributed by atoms with Gasteiger partial charge < -0.3 is 15.6 Å². The van der Waals surface area contributed by atoms with Gasteiger partial charge in [-0.1, -0.05) is 28.8 Å². The van der Waals surface area contributed by atoms with Gasteiger partial charge in [0.2, 0.25) is 0 Å². The Bertz CT molecular complexity index is 424. The Labute approximate surface area is 135 Å². The van der Waals surface area contributed by atoms with Crippen molar-refractivity contribution in [1.29, 1.82) is 0 Å². The van der Waals surface area contributed by atoms with Gasteiger partial charge >= 0.3 is 0 Å². The van der Waals surface area contributed by atoms with Gasteiger partial charge in [0.25, 0.3) is 0 Å². The highest BCUT2D eigenvalue weighted by molar-refractivity contribution is 9.10. The van der Waals surface area contributed by atoms with Crippen molar-refractivity contribution < 1.29 is 9.84 Å². The fourth-order valence-electron chi connectivity index (χ4n) is 2.84. The van der Waals surface area contributed by atoms with E-state index >= 15 is 0 Å². The van der Waals surface area contributed by atoms with Crippen molar-refractivity contribution in [2.75, 3.05) is 6.61 Å². The molecule has 0 unspecified atom stereocenters. The molecule has 1 fully saturated rings. The van der Waals surface area contributed by atoms with Crippen LogP contribution in [-0.4, -0.2) is 17.8 Å². The molecule has 3 nitrogen and oxygen atoms in total. The van der Waals surface area contributed by atoms with Crippen LogP contribution < -0.4 is 10.5 Å². The highest BCUT2D eigenvalue weighted by Crippen LogP contribution is 2.36. The lowest BCUT2D eigenvalue weighted by Gasteiger charge is -2.26. The van der Waals surface area contributed by atoms with Gasteiger partial charge in [-0.3, -0.25) is 0 Å². The topological polar surface area (TPSA) is 55.5 Å². The first-order valence-electron chi connectivity index (χ1n) is 6.99. The Morgan fingerprint density at radius 1 is 1.40 bits per heavy atom. The average Bonchev–Trinajstić information content (AvgIpc) is 2.93. The standard InChI is InChI=1S/C15H22BrNO2.ClH/c1-2-19-13-8-7-11(16)9-12(13)14(17)15(18)10-5-3-4-6-10;/h7-10,14-15,18H,2-6,17H2,1H3;1H/t14-,15+;/m0./s1. The smallest absolute Gasteiger partial charge is 0.124 e. The van der Waals surface area contributed by atoms with Crippen LogP contribution in [0.1, 0.15) is 44.2 Å². The fraction of sp³-hybridized carbons (Fsp3) is 0.600. The van der Waals surface area contributed by atoms with Gasteiger partial charge in [-0.05, 0) is 43.9 Å². The lowest BCUT2D eigenvalue weighted by Crippen LogP contribution is -2.32. The first-order valence-corrected chi connectivity index (χ1v) is 7.78. The van der Waals surface area contributed by atoms with Crippen molar-refractivity contribution in [2.24, 2.45) is 11.7 Å². The number of rotatable bonds is 5. The second-order valence-electron chi connectivity index (χ2n) is 5.18. The summed E-state index contributed by atoms with van der Waals surface area (Å²) in [5.74, 6) is 1.10. The monoisotopic (exact) mass is 363 g/mol. The maximum atomic E-state index is 10.5. The van der Waals surface area contributed by atoms with Crippen LogP contribution in [0.5, 0.6) is 5.75 Å². The second kappa shape index (κ2) is 8.23. The molecule has 5 heteroatoms. The molecule has 0 bridgehead atoms. The summed E-state index contributed by atoms with van der Waals surface area (Å²) in [4.78, 5) is 0. The molecule has 1 aromatic rings. The molecule has 0 amide bonds. The zero-order valence-corrected chi connectivity index (χ0v) is 14.1. The summed E-state index contributed by atoms with van der Waals surface area (Å²) in [6, 6.07) is 5.41. The van der Waals surface area contributed by atoms with Gasteiger partial charge in [-0.2, -0.15) is 0 Å². The molecule has 1 aliphatic carbocycles. The van der Waals surface area contributed by atoms with E-state index in [1.54, 1.807) is 0 Å². The molecule has 0 heterocycles. The van der Waals surface area contributed by atoms with Crippen LogP contribution in [-0.2, 0) is 0 Å². The predicted molar refractivity (Wildman–Crippen MR) is 87.5 cm³/mol. The van der Waals surface area contributed by atoms with Gasteiger partial charge in [0.1, 0.15) is 5.75 Å². The van der Waals surface area contributed by atoms with Crippen LogP contribution in [0.3, 0.4) is 0 Å². The molecule has 114 valence electrons. The summed E-state index contributed by atoms with van der Waals surface area (Å²) in [6.07, 6.45) is 4.06. The SMILES string of the molecule is CCOc1ccc(Br)cc1[C@H](N)[C@H](O)C1CCCC1.Cl. The van der Waals surface area contributed by atoms with Gasteiger partial charge in [-0.25, -0.2) is 0 Å². The number of benzene rings is 1. The minimum absolute atomic E-state index is 0. The van der Waals surface area contributed by atoms with Crippen molar-refractivity contribution in [1.82, 2.24) is 0 Å². The molecule has 20 heavy (non-hydrogen) atoms. The summed E-state index contributed by atoms with van der Waals surface area (Å²) < 4.78 is 6.57. The molecule has 0 aromatic heterocycles. The number of halogens is 2. The first kappa shape index (κ1) is 17.8. The van der Waals surface area contributed by atoms with Crippen molar-refractivity contribution >= 4 is 28.3 Å². The van der Waals surface area contributed by atoms with Crippen LogP contribution in [0.25, 0.3) is 0 Å². The van der Waals surface area contributed by atoms with Crippen LogP contribution in [0.4, 0.5) is 0 Å². The van der Waals surface area contributed by atoms with E-state index < -0.39 is 6.10 Å². The van der Waals surface area contributed by atoms with Crippen molar-refractivity contribution in [2.45, 2.75) is 44.8 Å². The zero-order chi connectivity index (χ0) is 13.8. The number of aliphatic hydroxyl groups excluding tert-OH is 1. The van der Waals surface area contributed by atoms with Crippen LogP contribution in [0.2, 0.25) is 0 Å². The molecule has 1 saturated carbocycles. The third-order valence-corrected chi connectivity index (χ3v) is 4.37. The molecule has 0 spiro atoms. The molecule has 0 radical (unpaired) electrons. The summed E-state index contributed by atoms with van der Waals surface area (Å²) in [6.45, 7) is 2.55. The summed E-state index contributed by atoms with van der Waals surface area (Å²) >= 11 is 3.46. The van der Waals surface area contributed by atoms with Gasteiger partial charge in [-0.15, -0.1) is 12.4 Å². The molecule has 2 atom stereocenters. The van der Waals surface area contributed by atoms with E-state index in [2.05, 4.69) is 15.9 Å². The highest BCUT2D eigenvalue weighted by Gasteiger charge is 2.30. The maximum Gasteiger partial charge on any atom is 0.124 e. The van der Waals surface area contributed by atoms with E-state index in [-0.39, 0.29) is 18.4 Å². The summed E-state index contributed by atoms with van der Waals surface area (Å²) in [5.41, 5.74) is 7.15. The Morgan fingerprint density at radius 3 is 2.65 bits per heavy atom. The number of aliphatic hydroxyl groups is 1. The van der Waals surface area contributed by atoms with E-state index in [0.29, 0.717) is 12.5 Å². The summed E-state index contributed by atoms with van der Waals surface area (Å²) in [5, 5.41) is 10.5. The Kier molecular flexibility index (Phi) is 7.30. The van der Waals surface area contributed by atoms with Gasteiger partial charge in [0.05, 0.1) is 18.8 Å². The Hall–Kier alpha value is -0.290. The highest BCUT2D eigenvalue weighted by atomic mass is 79.9. The van der Waals surface area contributed by atoms with E-state index in [9.17, 15) is 5.11 Å². The van der Waals surface area contributed by atoms with E-state index in [1.165, 1.54) is 12.8 Å². The minimum atomic E-state index is -0.490. The minimum Gasteiger partial charge on any atom is -0.494 e. The largest absolute Gasteiger partial charge is 0.494 e. The normalized spacial score (nSPS) is 18.4. The third kappa shape index (κ3) is 4.10. The van der Waals surface area contributed by atoms with Gasteiger partial charge in [0.15, 0.2) is 0 Å². The Morgan fingerprint density at radius 2 is 2.05 bits per heavy atom. The van der Waals surface area contributed by atoms with Crippen LogP contribution in [0.15, 0.2) is 22.7 Å². The van der Waals surface area contributed by atoms with Gasteiger partial charge in [0, 0.05) is 10.0 Å². The quantitative estimate of drug-likeness (QED) is 0.835. The number of nitrogens with two attached hydrogens (primary N) is 1. The van der Waals surface area contributed by atoms with E-state index in [4.69, 9.17) is 10.5 Å². The lowest BCUT2D eigenvalue weighted by molar-refractivity contribution is 0.0833. The number of hydrogen-bond donors (Lipinski definition) is 2. The molecule has 2 rings (SSSR count). The molecule has 1 aromatic carbocycles. The average molecular weight is 365 g/mol. The van der Waals surface area contributed by atoms with Crippen molar-refractivity contribution in [3.05, 3.63) is 28.2 Å². The molecular weight excluding hydrogens is 342 g/mol. The molecule has 3 N–H and O–H groups in total. The number of hydrogen-bond acceptors (Lipinski definition) is 3. The zero-order valence-electron chi connectivity index (χ0n) is 11.7. The fourth-order valence-corrected chi connectivity index (χ4v) is 3.22. The predicted octanol–water partition coefficient (Wildman–Crippen LogP) is 3.82. The Balaban J connectivity index is 0.00000200. The lowest BCUT2D eigenvalue weighted by atomic mass is 9.90. The molecular formula is C15H23BrClNO2. The van der Waals surface area contributed by atoms with Crippen LogP contribution >= 0.6 is 28.3 Å². The second-order valence-corrected chi connectivity index (χ2v) is 6.09. The van der Waals surface area contributed by atoms with Crippen molar-refractivity contribution in [3.8, 4) is 5.75 Å². The van der Waals surface area contributed by atoms with E-state index in [1.807, 2.05) is 25.1 Å².